The number of benzene rings is 2. The zero-order valence-electron chi connectivity index (χ0n) is 16.7. The maximum Gasteiger partial charge on any atom is 0.232 e. The molecule has 1 heterocycles. The average Bonchev–Trinajstić information content (AvgIpc) is 2.70. The summed E-state index contributed by atoms with van der Waals surface area (Å²) in [5.74, 6) is 0.723. The van der Waals surface area contributed by atoms with Gasteiger partial charge < -0.3 is 4.74 Å². The van der Waals surface area contributed by atoms with Gasteiger partial charge in [-0.15, -0.1) is 0 Å². The van der Waals surface area contributed by atoms with Gasteiger partial charge in [0.25, 0.3) is 0 Å². The molecule has 0 saturated heterocycles. The van der Waals surface area contributed by atoms with Crippen molar-refractivity contribution < 1.29 is 14.3 Å². The Balaban J connectivity index is 1.81. The Bertz CT molecular complexity index is 994. The molecule has 0 bridgehead atoms. The summed E-state index contributed by atoms with van der Waals surface area (Å²) >= 11 is 6.22. The number of allylic oxidation sites excluding steroid dienone is 2. The van der Waals surface area contributed by atoms with Crippen molar-refractivity contribution in [1.82, 2.24) is 0 Å². The molecule has 4 nitrogen and oxygen atoms in total. The van der Waals surface area contributed by atoms with Crippen LogP contribution in [-0.4, -0.2) is 18.3 Å². The topological polar surface area (TPSA) is 46.6 Å². The monoisotopic (exact) mass is 409 g/mol. The Morgan fingerprint density at radius 1 is 1.10 bits per heavy atom. The fraction of sp³-hybridized carbons (Fsp3) is 0.333. The molecule has 5 heteroatoms. The van der Waals surface area contributed by atoms with E-state index >= 15 is 0 Å². The number of hydrogen-bond acceptors (Lipinski definition) is 3. The van der Waals surface area contributed by atoms with Gasteiger partial charge in [-0.25, -0.2) is 0 Å². The van der Waals surface area contributed by atoms with Crippen molar-refractivity contribution >= 4 is 29.0 Å². The van der Waals surface area contributed by atoms with Gasteiger partial charge >= 0.3 is 0 Å². The highest BCUT2D eigenvalue weighted by Crippen LogP contribution is 2.44. The maximum atomic E-state index is 13.3. The second-order valence-corrected chi connectivity index (χ2v) is 7.99. The summed E-state index contributed by atoms with van der Waals surface area (Å²) in [5, 5.41) is 0.580. The van der Waals surface area contributed by atoms with E-state index in [2.05, 4.69) is 0 Å². The Hall–Kier alpha value is -2.59. The number of ketones is 1. The summed E-state index contributed by atoms with van der Waals surface area (Å²) in [6.07, 6.45) is 2.27. The van der Waals surface area contributed by atoms with E-state index < -0.39 is 0 Å². The summed E-state index contributed by atoms with van der Waals surface area (Å²) in [5.41, 5.74) is 4.33. The molecule has 0 fully saturated rings. The van der Waals surface area contributed by atoms with Crippen molar-refractivity contribution in [2.75, 3.05) is 11.5 Å². The fourth-order valence-electron chi connectivity index (χ4n) is 4.34. The molecule has 0 N–H and O–H groups in total. The van der Waals surface area contributed by atoms with Crippen molar-refractivity contribution in [2.24, 2.45) is 0 Å². The molecule has 2 aromatic rings. The standard InChI is InChI=1S/C24H24ClNO3/c1-3-29-18-11-8-16(9-12-18)19-14-23(28)26(20-5-4-6-22(27)24(19)20)21-13-17(25)10-7-15(21)2/h7-13,19H,3-6,14H2,1-2H3. The second kappa shape index (κ2) is 8.03. The van der Waals surface area contributed by atoms with E-state index in [0.717, 1.165) is 40.3 Å². The van der Waals surface area contributed by atoms with Gasteiger partial charge in [0.1, 0.15) is 5.75 Å². The number of rotatable bonds is 4. The van der Waals surface area contributed by atoms with Crippen molar-refractivity contribution in [1.29, 1.82) is 0 Å². The molecular formula is C24H24ClNO3. The number of anilines is 1. The van der Waals surface area contributed by atoms with Crippen LogP contribution in [0.5, 0.6) is 5.75 Å². The second-order valence-electron chi connectivity index (χ2n) is 7.56. The molecule has 1 amide bonds. The molecule has 2 aromatic carbocycles. The van der Waals surface area contributed by atoms with Crippen molar-refractivity contribution in [3.8, 4) is 5.75 Å². The summed E-state index contributed by atoms with van der Waals surface area (Å²) < 4.78 is 5.53. The van der Waals surface area contributed by atoms with Gasteiger partial charge in [0.05, 0.1) is 12.3 Å². The number of aryl methyl sites for hydroxylation is 1. The third kappa shape index (κ3) is 3.69. The van der Waals surface area contributed by atoms with Crippen molar-refractivity contribution in [3.05, 3.63) is 69.9 Å². The third-order valence-corrected chi connectivity index (χ3v) is 5.92. The predicted octanol–water partition coefficient (Wildman–Crippen LogP) is 5.57. The molecule has 0 saturated carbocycles. The highest BCUT2D eigenvalue weighted by atomic mass is 35.5. The number of carbonyl (C=O) groups excluding carboxylic acids is 2. The number of halogens is 1. The van der Waals surface area contributed by atoms with Gasteiger partial charge in [0.2, 0.25) is 5.91 Å². The quantitative estimate of drug-likeness (QED) is 0.662. The first-order valence-electron chi connectivity index (χ1n) is 10.1. The molecule has 150 valence electrons. The van der Waals surface area contributed by atoms with Crippen LogP contribution < -0.4 is 9.64 Å². The van der Waals surface area contributed by atoms with Crippen LogP contribution in [0.2, 0.25) is 5.02 Å². The molecule has 2 aliphatic rings. The lowest BCUT2D eigenvalue weighted by atomic mass is 9.77. The molecule has 0 spiro atoms. The van der Waals surface area contributed by atoms with Crippen molar-refractivity contribution in [2.45, 2.75) is 45.4 Å². The minimum Gasteiger partial charge on any atom is -0.494 e. The van der Waals surface area contributed by atoms with E-state index in [1.807, 2.05) is 56.3 Å². The summed E-state index contributed by atoms with van der Waals surface area (Å²) in [6, 6.07) is 13.3. The number of hydrogen-bond donors (Lipinski definition) is 0. The van der Waals surface area contributed by atoms with Crippen LogP contribution in [0.25, 0.3) is 0 Å². The number of ether oxygens (including phenoxy) is 1. The molecule has 4 rings (SSSR count). The first-order valence-corrected chi connectivity index (χ1v) is 10.5. The van der Waals surface area contributed by atoms with Crippen LogP contribution in [0.4, 0.5) is 5.69 Å². The number of Topliss-reactive ketones (excluding diaryl/α,β-unsaturated/α-hetero) is 1. The predicted molar refractivity (Wildman–Crippen MR) is 115 cm³/mol. The van der Waals surface area contributed by atoms with Crippen LogP contribution in [0.1, 0.15) is 49.7 Å². The van der Waals surface area contributed by atoms with Crippen LogP contribution >= 0.6 is 11.6 Å². The van der Waals surface area contributed by atoms with Crippen LogP contribution in [0.3, 0.4) is 0 Å². The van der Waals surface area contributed by atoms with E-state index in [-0.39, 0.29) is 24.0 Å². The summed E-state index contributed by atoms with van der Waals surface area (Å²) in [4.78, 5) is 28.0. The van der Waals surface area contributed by atoms with E-state index in [9.17, 15) is 9.59 Å². The molecule has 1 unspecified atom stereocenters. The van der Waals surface area contributed by atoms with Crippen LogP contribution in [-0.2, 0) is 9.59 Å². The highest BCUT2D eigenvalue weighted by molar-refractivity contribution is 6.31. The molecule has 1 atom stereocenters. The van der Waals surface area contributed by atoms with Crippen molar-refractivity contribution in [3.63, 3.8) is 0 Å². The molecular weight excluding hydrogens is 386 g/mol. The van der Waals surface area contributed by atoms with Gasteiger partial charge in [0, 0.05) is 35.1 Å². The van der Waals surface area contributed by atoms with Gasteiger partial charge in [-0.3, -0.25) is 14.5 Å². The zero-order valence-corrected chi connectivity index (χ0v) is 17.5. The third-order valence-electron chi connectivity index (χ3n) is 5.68. The number of nitrogens with zero attached hydrogens (tertiary/aromatic N) is 1. The van der Waals surface area contributed by atoms with Crippen LogP contribution in [0, 0.1) is 6.92 Å². The maximum absolute atomic E-state index is 13.3. The van der Waals surface area contributed by atoms with E-state index in [1.54, 1.807) is 4.90 Å². The summed E-state index contributed by atoms with van der Waals surface area (Å²) in [7, 11) is 0. The summed E-state index contributed by atoms with van der Waals surface area (Å²) in [6.45, 7) is 4.50. The molecule has 0 aromatic heterocycles. The first kappa shape index (κ1) is 19.7. The number of amides is 1. The minimum absolute atomic E-state index is 0.00250. The molecule has 1 aliphatic heterocycles. The molecule has 1 aliphatic carbocycles. The average molecular weight is 410 g/mol. The molecule has 0 radical (unpaired) electrons. The molecule has 29 heavy (non-hydrogen) atoms. The SMILES string of the molecule is CCOc1ccc(C2CC(=O)N(c3cc(Cl)ccc3C)C3=C2C(=O)CCC3)cc1. The van der Waals surface area contributed by atoms with Gasteiger partial charge in [-0.05, 0) is 62.1 Å². The van der Waals surface area contributed by atoms with E-state index in [4.69, 9.17) is 16.3 Å². The lowest BCUT2D eigenvalue weighted by Gasteiger charge is -2.39. The van der Waals surface area contributed by atoms with Gasteiger partial charge in [-0.1, -0.05) is 29.8 Å². The lowest BCUT2D eigenvalue weighted by Crippen LogP contribution is -2.40. The first-order chi connectivity index (χ1) is 14.0. The van der Waals surface area contributed by atoms with Crippen LogP contribution in [0.15, 0.2) is 53.7 Å². The van der Waals surface area contributed by atoms with Gasteiger partial charge in [0.15, 0.2) is 5.78 Å². The number of carbonyl (C=O) groups is 2. The largest absolute Gasteiger partial charge is 0.494 e. The van der Waals surface area contributed by atoms with E-state index in [0.29, 0.717) is 24.5 Å². The smallest absolute Gasteiger partial charge is 0.232 e. The van der Waals surface area contributed by atoms with Gasteiger partial charge in [-0.2, -0.15) is 0 Å². The highest BCUT2D eigenvalue weighted by Gasteiger charge is 2.40. The van der Waals surface area contributed by atoms with E-state index in [1.165, 1.54) is 0 Å². The zero-order chi connectivity index (χ0) is 20.5. The lowest BCUT2D eigenvalue weighted by molar-refractivity contribution is -0.119. The Morgan fingerprint density at radius 3 is 2.59 bits per heavy atom. The normalized spacial score (nSPS) is 19.4. The minimum atomic E-state index is -0.211. The Kier molecular flexibility index (Phi) is 5.46. The fourth-order valence-corrected chi connectivity index (χ4v) is 4.51. The Labute approximate surface area is 176 Å². The Morgan fingerprint density at radius 2 is 1.86 bits per heavy atom.